The van der Waals surface area contributed by atoms with Crippen molar-refractivity contribution in [3.8, 4) is 5.75 Å². The molecular formula is C17H18N2O2. The zero-order valence-corrected chi connectivity index (χ0v) is 12.0. The van der Waals surface area contributed by atoms with Crippen LogP contribution in [0.5, 0.6) is 5.75 Å². The first-order valence-corrected chi connectivity index (χ1v) is 7.06. The second-order valence-corrected chi connectivity index (χ2v) is 5.10. The molecule has 1 unspecified atom stereocenters. The quantitative estimate of drug-likeness (QED) is 0.880. The van der Waals surface area contributed by atoms with Gasteiger partial charge in [0.2, 0.25) is 5.91 Å². The molecule has 1 amide bonds. The number of hydrazine groups is 1. The molecule has 4 nitrogen and oxygen atoms in total. The monoisotopic (exact) mass is 282 g/mol. The first kappa shape index (κ1) is 13.5. The van der Waals surface area contributed by atoms with Gasteiger partial charge in [-0.25, -0.2) is 0 Å². The van der Waals surface area contributed by atoms with Crippen molar-refractivity contribution in [1.82, 2.24) is 5.43 Å². The third kappa shape index (κ3) is 2.84. The minimum absolute atomic E-state index is 0.00268. The van der Waals surface area contributed by atoms with Crippen LogP contribution >= 0.6 is 0 Å². The number of para-hydroxylation sites is 2. The van der Waals surface area contributed by atoms with Crippen molar-refractivity contribution < 1.29 is 9.53 Å². The topological polar surface area (TPSA) is 41.6 Å². The standard InChI is InChI=1S/C17H18N2O2/c1-19(13-7-3-2-4-8-13)18-17(20)15-11-12-21-16-10-6-5-9-14(15)16/h2-10,15H,11-12H2,1H3,(H,18,20). The summed E-state index contributed by atoms with van der Waals surface area (Å²) in [6, 6.07) is 17.5. The van der Waals surface area contributed by atoms with Crippen LogP contribution in [-0.4, -0.2) is 19.6 Å². The summed E-state index contributed by atoms with van der Waals surface area (Å²) in [7, 11) is 1.85. The van der Waals surface area contributed by atoms with Crippen LogP contribution in [0.1, 0.15) is 17.9 Å². The lowest BCUT2D eigenvalue weighted by Gasteiger charge is -2.28. The SMILES string of the molecule is CN(NC(=O)C1CCOc2ccccc21)c1ccccc1. The summed E-state index contributed by atoms with van der Waals surface area (Å²) in [5.74, 6) is 0.643. The fraction of sp³-hybridized carbons (Fsp3) is 0.235. The third-order valence-corrected chi connectivity index (χ3v) is 3.70. The summed E-state index contributed by atoms with van der Waals surface area (Å²) >= 11 is 0. The van der Waals surface area contributed by atoms with Crippen molar-refractivity contribution in [3.63, 3.8) is 0 Å². The summed E-state index contributed by atoms with van der Waals surface area (Å²) < 4.78 is 5.60. The molecule has 1 aliphatic rings. The number of carbonyl (C=O) groups is 1. The van der Waals surface area contributed by atoms with Crippen molar-refractivity contribution >= 4 is 11.6 Å². The van der Waals surface area contributed by atoms with Gasteiger partial charge in [0.25, 0.3) is 0 Å². The van der Waals surface area contributed by atoms with Crippen LogP contribution in [-0.2, 0) is 4.79 Å². The Morgan fingerprint density at radius 2 is 1.86 bits per heavy atom. The number of carbonyl (C=O) groups excluding carboxylic acids is 1. The Balaban J connectivity index is 1.75. The van der Waals surface area contributed by atoms with E-state index in [-0.39, 0.29) is 11.8 Å². The number of nitrogens with zero attached hydrogens (tertiary/aromatic N) is 1. The third-order valence-electron chi connectivity index (χ3n) is 3.70. The van der Waals surface area contributed by atoms with Gasteiger partial charge < -0.3 is 4.74 Å². The number of hydrogen-bond donors (Lipinski definition) is 1. The number of benzene rings is 2. The van der Waals surface area contributed by atoms with Crippen molar-refractivity contribution in [2.75, 3.05) is 18.7 Å². The van der Waals surface area contributed by atoms with Gasteiger partial charge >= 0.3 is 0 Å². The second-order valence-electron chi connectivity index (χ2n) is 5.10. The highest BCUT2D eigenvalue weighted by molar-refractivity contribution is 5.86. The molecule has 0 bridgehead atoms. The highest BCUT2D eigenvalue weighted by atomic mass is 16.5. The van der Waals surface area contributed by atoms with E-state index in [0.29, 0.717) is 13.0 Å². The Morgan fingerprint density at radius 3 is 2.67 bits per heavy atom. The van der Waals surface area contributed by atoms with E-state index in [1.165, 1.54) is 0 Å². The van der Waals surface area contributed by atoms with Gasteiger partial charge in [-0.05, 0) is 24.6 Å². The van der Waals surface area contributed by atoms with Gasteiger partial charge in [-0.15, -0.1) is 0 Å². The Kier molecular flexibility index (Phi) is 3.77. The maximum atomic E-state index is 12.5. The second kappa shape index (κ2) is 5.87. The van der Waals surface area contributed by atoms with Crippen molar-refractivity contribution in [1.29, 1.82) is 0 Å². The van der Waals surface area contributed by atoms with Gasteiger partial charge in [0.15, 0.2) is 0 Å². The van der Waals surface area contributed by atoms with Crippen LogP contribution in [0.4, 0.5) is 5.69 Å². The lowest BCUT2D eigenvalue weighted by atomic mass is 9.92. The zero-order valence-electron chi connectivity index (χ0n) is 12.0. The minimum Gasteiger partial charge on any atom is -0.493 e. The smallest absolute Gasteiger partial charge is 0.246 e. The molecule has 21 heavy (non-hydrogen) atoms. The summed E-state index contributed by atoms with van der Waals surface area (Å²) in [5.41, 5.74) is 4.86. The largest absolute Gasteiger partial charge is 0.493 e. The maximum Gasteiger partial charge on any atom is 0.246 e. The number of anilines is 1. The summed E-state index contributed by atoms with van der Waals surface area (Å²) in [6.45, 7) is 0.574. The summed E-state index contributed by atoms with van der Waals surface area (Å²) in [5, 5.41) is 1.75. The van der Waals surface area contributed by atoms with Crippen molar-refractivity contribution in [3.05, 3.63) is 60.2 Å². The molecule has 1 N–H and O–H groups in total. The van der Waals surface area contributed by atoms with Gasteiger partial charge in [-0.2, -0.15) is 0 Å². The van der Waals surface area contributed by atoms with Crippen LogP contribution in [0.15, 0.2) is 54.6 Å². The maximum absolute atomic E-state index is 12.5. The lowest BCUT2D eigenvalue weighted by molar-refractivity contribution is -0.123. The Hall–Kier alpha value is -2.49. The fourth-order valence-corrected chi connectivity index (χ4v) is 2.57. The summed E-state index contributed by atoms with van der Waals surface area (Å²) in [4.78, 5) is 12.5. The Morgan fingerprint density at radius 1 is 1.14 bits per heavy atom. The van der Waals surface area contributed by atoms with Gasteiger partial charge in [-0.1, -0.05) is 36.4 Å². The molecule has 0 aromatic heterocycles. The highest BCUT2D eigenvalue weighted by Gasteiger charge is 2.28. The van der Waals surface area contributed by atoms with Crippen LogP contribution in [0, 0.1) is 0 Å². The van der Waals surface area contributed by atoms with Gasteiger partial charge in [0.1, 0.15) is 5.75 Å². The molecule has 2 aromatic carbocycles. The van der Waals surface area contributed by atoms with Crippen LogP contribution in [0.25, 0.3) is 0 Å². The number of rotatable bonds is 3. The average Bonchev–Trinajstić information content (AvgIpc) is 2.55. The lowest BCUT2D eigenvalue weighted by Crippen LogP contribution is -2.43. The molecule has 0 saturated heterocycles. The fourth-order valence-electron chi connectivity index (χ4n) is 2.57. The molecule has 3 rings (SSSR count). The van der Waals surface area contributed by atoms with E-state index in [1.807, 2.05) is 61.6 Å². The summed E-state index contributed by atoms with van der Waals surface area (Å²) in [6.07, 6.45) is 0.700. The molecule has 108 valence electrons. The molecule has 0 radical (unpaired) electrons. The molecule has 4 heteroatoms. The number of amides is 1. The molecule has 1 atom stereocenters. The average molecular weight is 282 g/mol. The molecule has 1 heterocycles. The molecule has 0 saturated carbocycles. The van der Waals surface area contributed by atoms with E-state index >= 15 is 0 Å². The normalized spacial score (nSPS) is 16.5. The molecular weight excluding hydrogens is 264 g/mol. The van der Waals surface area contributed by atoms with E-state index < -0.39 is 0 Å². The number of hydrogen-bond acceptors (Lipinski definition) is 3. The van der Waals surface area contributed by atoms with E-state index in [0.717, 1.165) is 17.0 Å². The van der Waals surface area contributed by atoms with Gasteiger partial charge in [0.05, 0.1) is 18.2 Å². The van der Waals surface area contributed by atoms with Crippen LogP contribution < -0.4 is 15.2 Å². The van der Waals surface area contributed by atoms with Gasteiger partial charge in [0, 0.05) is 12.6 Å². The molecule has 0 aliphatic carbocycles. The van der Waals surface area contributed by atoms with E-state index in [4.69, 9.17) is 4.74 Å². The zero-order chi connectivity index (χ0) is 14.7. The first-order valence-electron chi connectivity index (χ1n) is 7.06. The first-order chi connectivity index (χ1) is 10.3. The molecule has 0 fully saturated rings. The van der Waals surface area contributed by atoms with E-state index in [9.17, 15) is 4.79 Å². The minimum atomic E-state index is -0.166. The highest BCUT2D eigenvalue weighted by Crippen LogP contribution is 2.33. The van der Waals surface area contributed by atoms with E-state index in [2.05, 4.69) is 5.43 Å². The van der Waals surface area contributed by atoms with Crippen molar-refractivity contribution in [2.24, 2.45) is 0 Å². The Labute approximate surface area is 124 Å². The molecule has 0 spiro atoms. The number of fused-ring (bicyclic) bond motifs is 1. The number of ether oxygens (including phenoxy) is 1. The van der Waals surface area contributed by atoms with Crippen LogP contribution in [0.3, 0.4) is 0 Å². The molecule has 2 aromatic rings. The molecule has 1 aliphatic heterocycles. The van der Waals surface area contributed by atoms with Crippen molar-refractivity contribution in [2.45, 2.75) is 12.3 Å². The van der Waals surface area contributed by atoms with E-state index in [1.54, 1.807) is 5.01 Å². The Bertz CT molecular complexity index is 628. The predicted octanol–water partition coefficient (Wildman–Crippen LogP) is 2.72. The predicted molar refractivity (Wildman–Crippen MR) is 82.3 cm³/mol. The van der Waals surface area contributed by atoms with Crippen LogP contribution in [0.2, 0.25) is 0 Å². The number of nitrogens with one attached hydrogen (secondary N) is 1. The van der Waals surface area contributed by atoms with Gasteiger partial charge in [-0.3, -0.25) is 15.2 Å².